The van der Waals surface area contributed by atoms with E-state index in [9.17, 15) is 14.0 Å². The van der Waals surface area contributed by atoms with Gasteiger partial charge in [-0.15, -0.1) is 0 Å². The van der Waals surface area contributed by atoms with Gasteiger partial charge in [0.25, 0.3) is 5.91 Å². The molecular formula is C18H17ClFNO4. The first-order valence-corrected chi connectivity index (χ1v) is 7.98. The molecule has 0 aromatic heterocycles. The van der Waals surface area contributed by atoms with Crippen LogP contribution in [0.3, 0.4) is 0 Å². The third kappa shape index (κ3) is 5.76. The molecule has 1 amide bonds. The molecular weight excluding hydrogens is 349 g/mol. The number of carbonyl (C=O) groups excluding carboxylic acids is 2. The van der Waals surface area contributed by atoms with Gasteiger partial charge in [0.05, 0.1) is 17.2 Å². The lowest BCUT2D eigenvalue weighted by Crippen LogP contribution is -2.28. The van der Waals surface area contributed by atoms with Crippen molar-refractivity contribution in [3.05, 3.63) is 64.4 Å². The Morgan fingerprint density at radius 2 is 1.88 bits per heavy atom. The zero-order valence-corrected chi connectivity index (χ0v) is 14.3. The van der Waals surface area contributed by atoms with Crippen molar-refractivity contribution in [1.29, 1.82) is 0 Å². The Hall–Kier alpha value is -2.60. The number of esters is 1. The molecule has 0 aliphatic heterocycles. The van der Waals surface area contributed by atoms with Crippen LogP contribution in [0.4, 0.5) is 4.39 Å². The SMILES string of the molecule is CCOc1ccc(C(=O)OCC(=O)NCc2ccc(F)c(Cl)c2)cc1. The molecule has 0 saturated carbocycles. The van der Waals surface area contributed by atoms with E-state index in [4.69, 9.17) is 21.1 Å². The quantitative estimate of drug-likeness (QED) is 0.764. The molecule has 25 heavy (non-hydrogen) atoms. The molecule has 0 fully saturated rings. The van der Waals surface area contributed by atoms with Crippen LogP contribution in [0.25, 0.3) is 0 Å². The van der Waals surface area contributed by atoms with Gasteiger partial charge in [-0.3, -0.25) is 4.79 Å². The highest BCUT2D eigenvalue weighted by molar-refractivity contribution is 6.30. The van der Waals surface area contributed by atoms with Gasteiger partial charge in [0.1, 0.15) is 11.6 Å². The lowest BCUT2D eigenvalue weighted by atomic mass is 10.2. The molecule has 1 N–H and O–H groups in total. The molecule has 0 aliphatic carbocycles. The van der Waals surface area contributed by atoms with Gasteiger partial charge < -0.3 is 14.8 Å². The van der Waals surface area contributed by atoms with Crippen LogP contribution in [0, 0.1) is 5.82 Å². The number of rotatable bonds is 7. The second-order valence-electron chi connectivity index (χ2n) is 5.06. The highest BCUT2D eigenvalue weighted by atomic mass is 35.5. The van der Waals surface area contributed by atoms with Gasteiger partial charge in [0.2, 0.25) is 0 Å². The molecule has 0 saturated heterocycles. The molecule has 0 unspecified atom stereocenters. The van der Waals surface area contributed by atoms with Gasteiger partial charge in [0.15, 0.2) is 6.61 Å². The average Bonchev–Trinajstić information content (AvgIpc) is 2.61. The van der Waals surface area contributed by atoms with E-state index >= 15 is 0 Å². The summed E-state index contributed by atoms with van der Waals surface area (Å²) in [5.74, 6) is -0.960. The van der Waals surface area contributed by atoms with Crippen molar-refractivity contribution in [2.45, 2.75) is 13.5 Å². The van der Waals surface area contributed by atoms with Crippen molar-refractivity contribution in [1.82, 2.24) is 5.32 Å². The molecule has 0 spiro atoms. The van der Waals surface area contributed by atoms with Gasteiger partial charge in [0, 0.05) is 6.54 Å². The maximum absolute atomic E-state index is 13.1. The van der Waals surface area contributed by atoms with E-state index in [-0.39, 0.29) is 11.6 Å². The number of nitrogens with one attached hydrogen (secondary N) is 1. The molecule has 2 aromatic carbocycles. The molecule has 132 valence electrons. The summed E-state index contributed by atoms with van der Waals surface area (Å²) in [7, 11) is 0. The van der Waals surface area contributed by atoms with E-state index in [2.05, 4.69) is 5.32 Å². The average molecular weight is 366 g/mol. The van der Waals surface area contributed by atoms with Crippen LogP contribution in [-0.2, 0) is 16.1 Å². The lowest BCUT2D eigenvalue weighted by molar-refractivity contribution is -0.124. The number of carbonyl (C=O) groups is 2. The first kappa shape index (κ1) is 18.7. The highest BCUT2D eigenvalue weighted by Gasteiger charge is 2.10. The van der Waals surface area contributed by atoms with Crippen LogP contribution in [0.2, 0.25) is 5.02 Å². The topological polar surface area (TPSA) is 64.6 Å². The van der Waals surface area contributed by atoms with Crippen molar-refractivity contribution in [3.63, 3.8) is 0 Å². The Labute approximate surface area is 149 Å². The summed E-state index contributed by atoms with van der Waals surface area (Å²) in [5, 5.41) is 2.54. The van der Waals surface area contributed by atoms with Crippen molar-refractivity contribution in [2.24, 2.45) is 0 Å². The Bertz CT molecular complexity index is 749. The van der Waals surface area contributed by atoms with E-state index in [1.165, 1.54) is 18.2 Å². The third-order valence-corrected chi connectivity index (χ3v) is 3.50. The summed E-state index contributed by atoms with van der Waals surface area (Å²) in [6, 6.07) is 10.6. The van der Waals surface area contributed by atoms with Gasteiger partial charge in [-0.1, -0.05) is 17.7 Å². The van der Waals surface area contributed by atoms with Crippen LogP contribution < -0.4 is 10.1 Å². The largest absolute Gasteiger partial charge is 0.494 e. The molecule has 0 radical (unpaired) electrons. The summed E-state index contributed by atoms with van der Waals surface area (Å²) >= 11 is 5.66. The second-order valence-corrected chi connectivity index (χ2v) is 5.47. The van der Waals surface area contributed by atoms with Crippen LogP contribution in [0.5, 0.6) is 5.75 Å². The fourth-order valence-electron chi connectivity index (χ4n) is 1.97. The van der Waals surface area contributed by atoms with Gasteiger partial charge >= 0.3 is 5.97 Å². The van der Waals surface area contributed by atoms with Gasteiger partial charge in [-0.25, -0.2) is 9.18 Å². The Morgan fingerprint density at radius 3 is 2.52 bits per heavy atom. The van der Waals surface area contributed by atoms with E-state index in [1.807, 2.05) is 6.92 Å². The molecule has 0 atom stereocenters. The predicted octanol–water partition coefficient (Wildman–Crippen LogP) is 3.35. The zero-order chi connectivity index (χ0) is 18.2. The fourth-order valence-corrected chi connectivity index (χ4v) is 2.17. The molecule has 0 bridgehead atoms. The Morgan fingerprint density at radius 1 is 1.16 bits per heavy atom. The van der Waals surface area contributed by atoms with Crippen molar-refractivity contribution in [2.75, 3.05) is 13.2 Å². The number of benzene rings is 2. The number of ether oxygens (including phenoxy) is 2. The molecule has 2 rings (SSSR count). The first-order chi connectivity index (χ1) is 12.0. The number of amides is 1. The van der Waals surface area contributed by atoms with E-state index in [1.54, 1.807) is 24.3 Å². The maximum atomic E-state index is 13.1. The second kappa shape index (κ2) is 9.03. The standard InChI is InChI=1S/C18H17ClFNO4/c1-2-24-14-6-4-13(5-7-14)18(23)25-11-17(22)21-10-12-3-8-16(20)15(19)9-12/h3-9H,2,10-11H2,1H3,(H,21,22). The van der Waals surface area contributed by atoms with E-state index < -0.39 is 24.3 Å². The number of hydrogen-bond donors (Lipinski definition) is 1. The van der Waals surface area contributed by atoms with Crippen LogP contribution in [-0.4, -0.2) is 25.1 Å². The highest BCUT2D eigenvalue weighted by Crippen LogP contribution is 2.16. The van der Waals surface area contributed by atoms with E-state index in [0.29, 0.717) is 23.5 Å². The maximum Gasteiger partial charge on any atom is 0.338 e. The summed E-state index contributed by atoms with van der Waals surface area (Å²) in [6.07, 6.45) is 0. The van der Waals surface area contributed by atoms with Crippen LogP contribution in [0.15, 0.2) is 42.5 Å². The summed E-state index contributed by atoms with van der Waals surface area (Å²) in [6.45, 7) is 2.13. The molecule has 5 nitrogen and oxygen atoms in total. The third-order valence-electron chi connectivity index (χ3n) is 3.21. The number of halogens is 2. The summed E-state index contributed by atoms with van der Waals surface area (Å²) in [4.78, 5) is 23.6. The smallest absolute Gasteiger partial charge is 0.338 e. The Balaban J connectivity index is 1.78. The van der Waals surface area contributed by atoms with E-state index in [0.717, 1.165) is 0 Å². The first-order valence-electron chi connectivity index (χ1n) is 7.60. The van der Waals surface area contributed by atoms with Crippen molar-refractivity contribution >= 4 is 23.5 Å². The minimum atomic E-state index is -0.608. The molecule has 0 aliphatic rings. The van der Waals surface area contributed by atoms with Gasteiger partial charge in [-0.05, 0) is 48.9 Å². The molecule has 7 heteroatoms. The van der Waals surface area contributed by atoms with Crippen molar-refractivity contribution < 1.29 is 23.5 Å². The Kier molecular flexibility index (Phi) is 6.77. The van der Waals surface area contributed by atoms with Crippen LogP contribution >= 0.6 is 11.6 Å². The summed E-state index contributed by atoms with van der Waals surface area (Å²) in [5.41, 5.74) is 0.958. The monoisotopic (exact) mass is 365 g/mol. The molecule has 0 heterocycles. The fraction of sp³-hybridized carbons (Fsp3) is 0.222. The molecule has 2 aromatic rings. The minimum absolute atomic E-state index is 0.0197. The summed E-state index contributed by atoms with van der Waals surface area (Å²) < 4.78 is 23.3. The normalized spacial score (nSPS) is 10.2. The number of hydrogen-bond acceptors (Lipinski definition) is 4. The predicted molar refractivity (Wildman–Crippen MR) is 91.2 cm³/mol. The van der Waals surface area contributed by atoms with Crippen LogP contribution in [0.1, 0.15) is 22.8 Å². The van der Waals surface area contributed by atoms with Gasteiger partial charge in [-0.2, -0.15) is 0 Å². The van der Waals surface area contributed by atoms with Crippen molar-refractivity contribution in [3.8, 4) is 5.75 Å². The minimum Gasteiger partial charge on any atom is -0.494 e. The zero-order valence-electron chi connectivity index (χ0n) is 13.6. The lowest BCUT2D eigenvalue weighted by Gasteiger charge is -2.08.